The zero-order valence-electron chi connectivity index (χ0n) is 10.2. The Morgan fingerprint density at radius 3 is 2.26 bits per heavy atom. The van der Waals surface area contributed by atoms with Crippen molar-refractivity contribution in [3.8, 4) is 0 Å². The molecule has 4 N–H and O–H groups in total. The third-order valence-electron chi connectivity index (χ3n) is 2.29. The van der Waals surface area contributed by atoms with Gasteiger partial charge in [-0.1, -0.05) is 23.2 Å². The first-order valence-electron chi connectivity index (χ1n) is 5.69. The van der Waals surface area contributed by atoms with Gasteiger partial charge in [-0.2, -0.15) is 0 Å². The van der Waals surface area contributed by atoms with Crippen LogP contribution in [-0.2, 0) is 16.0 Å². The van der Waals surface area contributed by atoms with Gasteiger partial charge in [0.1, 0.15) is 0 Å². The zero-order valence-corrected chi connectivity index (χ0v) is 11.7. The molecule has 0 bridgehead atoms. The smallest absolute Gasteiger partial charge is 0.239 e. The summed E-state index contributed by atoms with van der Waals surface area (Å²) in [6.45, 7) is 0.231. The van der Waals surface area contributed by atoms with E-state index < -0.39 is 0 Å². The van der Waals surface area contributed by atoms with E-state index in [4.69, 9.17) is 28.9 Å². The molecule has 1 rings (SSSR count). The highest BCUT2D eigenvalue weighted by Gasteiger charge is 2.04. The van der Waals surface area contributed by atoms with Crippen LogP contribution in [0.3, 0.4) is 0 Å². The second-order valence-electron chi connectivity index (χ2n) is 3.86. The van der Waals surface area contributed by atoms with Crippen molar-refractivity contribution in [2.24, 2.45) is 5.73 Å². The molecule has 104 valence electrons. The molecular weight excluding hydrogens is 289 g/mol. The van der Waals surface area contributed by atoms with Gasteiger partial charge in [-0.3, -0.25) is 9.59 Å². The number of nitrogens with two attached hydrogens (primary N) is 1. The van der Waals surface area contributed by atoms with E-state index in [-0.39, 0.29) is 24.9 Å². The van der Waals surface area contributed by atoms with Gasteiger partial charge in [-0.15, -0.1) is 0 Å². The Morgan fingerprint density at radius 1 is 1.05 bits per heavy atom. The molecule has 1 aromatic rings. The number of hydrogen-bond donors (Lipinski definition) is 3. The maximum absolute atomic E-state index is 11.4. The molecule has 0 unspecified atom stereocenters. The van der Waals surface area contributed by atoms with Crippen LogP contribution >= 0.6 is 23.2 Å². The molecule has 0 saturated carbocycles. The van der Waals surface area contributed by atoms with Gasteiger partial charge in [-0.25, -0.2) is 0 Å². The lowest BCUT2D eigenvalue weighted by atomic mass is 10.1. The predicted molar refractivity (Wildman–Crippen MR) is 75.2 cm³/mol. The maximum atomic E-state index is 11.4. The minimum atomic E-state index is -0.364. The van der Waals surface area contributed by atoms with Crippen molar-refractivity contribution in [1.29, 1.82) is 0 Å². The van der Waals surface area contributed by atoms with Crippen molar-refractivity contribution >= 4 is 35.0 Å². The molecule has 1 aromatic carbocycles. The summed E-state index contributed by atoms with van der Waals surface area (Å²) >= 11 is 11.7. The number of rotatable bonds is 6. The van der Waals surface area contributed by atoms with Crippen molar-refractivity contribution in [3.63, 3.8) is 0 Å². The van der Waals surface area contributed by atoms with Crippen LogP contribution < -0.4 is 16.4 Å². The first kappa shape index (κ1) is 15.8. The summed E-state index contributed by atoms with van der Waals surface area (Å²) < 4.78 is 0. The van der Waals surface area contributed by atoms with E-state index in [9.17, 15) is 9.59 Å². The second kappa shape index (κ2) is 7.99. The summed E-state index contributed by atoms with van der Waals surface area (Å²) in [5, 5.41) is 6.17. The molecule has 0 radical (unpaired) electrons. The molecule has 0 aromatic heterocycles. The van der Waals surface area contributed by atoms with Crippen LogP contribution in [0.15, 0.2) is 18.2 Å². The van der Waals surface area contributed by atoms with E-state index in [1.807, 2.05) is 0 Å². The largest absolute Gasteiger partial charge is 0.354 e. The average molecular weight is 304 g/mol. The summed E-state index contributed by atoms with van der Waals surface area (Å²) in [5.41, 5.74) is 6.03. The highest BCUT2D eigenvalue weighted by molar-refractivity contribution is 6.34. The summed E-state index contributed by atoms with van der Waals surface area (Å²) in [6, 6.07) is 5.22. The molecule has 0 heterocycles. The summed E-state index contributed by atoms with van der Waals surface area (Å²) in [4.78, 5) is 22.2. The van der Waals surface area contributed by atoms with E-state index in [1.54, 1.807) is 18.2 Å². The van der Waals surface area contributed by atoms with Crippen LogP contribution in [-0.4, -0.2) is 31.4 Å². The molecular formula is C12H15Cl2N3O2. The van der Waals surface area contributed by atoms with E-state index in [2.05, 4.69) is 10.6 Å². The maximum Gasteiger partial charge on any atom is 0.239 e. The predicted octanol–water partition coefficient (Wildman–Crippen LogP) is 0.727. The number of nitrogens with one attached hydrogen (secondary N) is 2. The minimum Gasteiger partial charge on any atom is -0.354 e. The van der Waals surface area contributed by atoms with Crippen LogP contribution in [0.1, 0.15) is 5.56 Å². The lowest BCUT2D eigenvalue weighted by Gasteiger charge is -2.07. The van der Waals surface area contributed by atoms with Crippen molar-refractivity contribution in [2.45, 2.75) is 6.42 Å². The number of carbonyl (C=O) groups excluding carboxylic acids is 2. The fourth-order valence-electron chi connectivity index (χ4n) is 1.42. The van der Waals surface area contributed by atoms with Gasteiger partial charge < -0.3 is 16.4 Å². The Balaban J connectivity index is 2.29. The molecule has 0 spiro atoms. The first-order chi connectivity index (χ1) is 9.01. The fourth-order valence-corrected chi connectivity index (χ4v) is 1.99. The molecule has 19 heavy (non-hydrogen) atoms. The second-order valence-corrected chi connectivity index (χ2v) is 4.73. The minimum absolute atomic E-state index is 0.0770. The van der Waals surface area contributed by atoms with E-state index >= 15 is 0 Å². The van der Waals surface area contributed by atoms with Crippen molar-refractivity contribution in [2.75, 3.05) is 19.6 Å². The Morgan fingerprint density at radius 2 is 1.68 bits per heavy atom. The molecule has 7 heteroatoms. The summed E-state index contributed by atoms with van der Waals surface area (Å²) in [7, 11) is 0. The lowest BCUT2D eigenvalue weighted by Crippen LogP contribution is -2.40. The van der Waals surface area contributed by atoms with E-state index in [0.29, 0.717) is 23.0 Å². The van der Waals surface area contributed by atoms with Crippen molar-refractivity contribution < 1.29 is 9.59 Å². The molecule has 0 saturated heterocycles. The van der Waals surface area contributed by atoms with Crippen molar-refractivity contribution in [3.05, 3.63) is 33.8 Å². The van der Waals surface area contributed by atoms with E-state index in [1.165, 1.54) is 0 Å². The molecule has 0 aliphatic carbocycles. The number of amides is 2. The van der Waals surface area contributed by atoms with Crippen LogP contribution in [0.4, 0.5) is 0 Å². The molecule has 2 amide bonds. The van der Waals surface area contributed by atoms with Gasteiger partial charge in [0.25, 0.3) is 0 Å². The van der Waals surface area contributed by atoms with Gasteiger partial charge >= 0.3 is 0 Å². The SMILES string of the molecule is NCC(=O)NCC(=O)NCCc1cc(Cl)cc(Cl)c1. The third kappa shape index (κ3) is 6.42. The zero-order chi connectivity index (χ0) is 14.3. The van der Waals surface area contributed by atoms with Crippen LogP contribution in [0.2, 0.25) is 10.0 Å². The number of hydrogen-bond acceptors (Lipinski definition) is 3. The van der Waals surface area contributed by atoms with Gasteiger partial charge in [0.05, 0.1) is 13.1 Å². The lowest BCUT2D eigenvalue weighted by molar-refractivity contribution is -0.125. The molecule has 0 aliphatic heterocycles. The quantitative estimate of drug-likeness (QED) is 0.724. The summed E-state index contributed by atoms with van der Waals surface area (Å²) in [6.07, 6.45) is 0.608. The Kier molecular flexibility index (Phi) is 6.62. The average Bonchev–Trinajstić information content (AvgIpc) is 2.34. The van der Waals surface area contributed by atoms with E-state index in [0.717, 1.165) is 5.56 Å². The molecule has 0 atom stereocenters. The van der Waals surface area contributed by atoms with Gasteiger partial charge in [-0.05, 0) is 30.2 Å². The topological polar surface area (TPSA) is 84.2 Å². The van der Waals surface area contributed by atoms with Gasteiger partial charge in [0.15, 0.2) is 0 Å². The number of halogens is 2. The number of benzene rings is 1. The molecule has 0 aliphatic rings. The van der Waals surface area contributed by atoms with Crippen LogP contribution in [0, 0.1) is 0 Å². The fraction of sp³-hybridized carbons (Fsp3) is 0.333. The Labute approximate surface area is 121 Å². The Bertz CT molecular complexity index is 446. The molecule has 5 nitrogen and oxygen atoms in total. The standard InChI is InChI=1S/C12H15Cl2N3O2/c13-9-3-8(4-10(14)5-9)1-2-16-12(19)7-17-11(18)6-15/h3-5H,1-2,6-7,15H2,(H,16,19)(H,17,18). The summed E-state index contributed by atoms with van der Waals surface area (Å²) in [5.74, 6) is -0.633. The highest BCUT2D eigenvalue weighted by atomic mass is 35.5. The Hall–Kier alpha value is -1.30. The van der Waals surface area contributed by atoms with Gasteiger partial charge in [0, 0.05) is 16.6 Å². The van der Waals surface area contributed by atoms with Gasteiger partial charge in [0.2, 0.25) is 11.8 Å². The van der Waals surface area contributed by atoms with Crippen LogP contribution in [0.5, 0.6) is 0 Å². The first-order valence-corrected chi connectivity index (χ1v) is 6.45. The third-order valence-corrected chi connectivity index (χ3v) is 2.73. The highest BCUT2D eigenvalue weighted by Crippen LogP contribution is 2.19. The van der Waals surface area contributed by atoms with Crippen LogP contribution in [0.25, 0.3) is 0 Å². The normalized spacial score (nSPS) is 10.1. The molecule has 0 fully saturated rings. The van der Waals surface area contributed by atoms with Crippen molar-refractivity contribution in [1.82, 2.24) is 10.6 Å². The monoisotopic (exact) mass is 303 g/mol. The number of carbonyl (C=O) groups is 2.